The molecule has 2 aromatic carbocycles. The number of carbonyl (C=O) groups is 1. The van der Waals surface area contributed by atoms with Gasteiger partial charge in [0, 0.05) is 5.69 Å². The smallest absolute Gasteiger partial charge is 0.337 e. The first-order valence-electron chi connectivity index (χ1n) is 7.74. The highest BCUT2D eigenvalue weighted by molar-refractivity contribution is 7.80. The zero-order chi connectivity index (χ0) is 17.7. The molecule has 2 aromatic rings. The average Bonchev–Trinajstić information content (AvgIpc) is 2.56. The summed E-state index contributed by atoms with van der Waals surface area (Å²) in [4.78, 5) is 11.7. The number of benzene rings is 2. The van der Waals surface area contributed by atoms with Gasteiger partial charge in [0.2, 0.25) is 0 Å². The molecule has 0 amide bonds. The van der Waals surface area contributed by atoms with Crippen LogP contribution in [0.15, 0.2) is 42.5 Å². The maximum absolute atomic E-state index is 11.7. The first-order chi connectivity index (χ1) is 11.4. The number of ether oxygens (including phenoxy) is 1. The van der Waals surface area contributed by atoms with Crippen molar-refractivity contribution in [1.82, 2.24) is 5.32 Å². The minimum atomic E-state index is -0.370. The highest BCUT2D eigenvalue weighted by atomic mass is 32.1. The lowest BCUT2D eigenvalue weighted by Gasteiger charge is -2.20. The summed E-state index contributed by atoms with van der Waals surface area (Å²) in [5.41, 5.74) is 4.67. The number of nitrogens with one attached hydrogen (secondary N) is 2. The van der Waals surface area contributed by atoms with E-state index in [1.54, 1.807) is 12.1 Å². The minimum absolute atomic E-state index is 0.0790. The summed E-state index contributed by atoms with van der Waals surface area (Å²) in [6.07, 6.45) is 0. The van der Waals surface area contributed by atoms with Crippen molar-refractivity contribution in [2.24, 2.45) is 0 Å². The Hall–Kier alpha value is -2.40. The Morgan fingerprint density at radius 1 is 1.12 bits per heavy atom. The Balaban J connectivity index is 2.10. The molecule has 0 radical (unpaired) electrons. The number of hydrogen-bond acceptors (Lipinski definition) is 3. The lowest BCUT2D eigenvalue weighted by atomic mass is 10.0. The zero-order valence-electron chi connectivity index (χ0n) is 14.3. The summed E-state index contributed by atoms with van der Waals surface area (Å²) in [6.45, 7) is 6.10. The maximum Gasteiger partial charge on any atom is 0.337 e. The highest BCUT2D eigenvalue weighted by Gasteiger charge is 2.12. The Morgan fingerprint density at radius 2 is 1.83 bits per heavy atom. The van der Waals surface area contributed by atoms with Gasteiger partial charge in [0.05, 0.1) is 18.7 Å². The molecule has 0 saturated heterocycles. The van der Waals surface area contributed by atoms with E-state index >= 15 is 0 Å². The molecule has 24 heavy (non-hydrogen) atoms. The number of esters is 1. The second-order valence-corrected chi connectivity index (χ2v) is 6.11. The van der Waals surface area contributed by atoms with Crippen LogP contribution in [0.4, 0.5) is 5.69 Å². The average molecular weight is 342 g/mol. The van der Waals surface area contributed by atoms with E-state index in [0.29, 0.717) is 10.7 Å². The van der Waals surface area contributed by atoms with Crippen molar-refractivity contribution in [3.63, 3.8) is 0 Å². The first kappa shape index (κ1) is 17.9. The topological polar surface area (TPSA) is 50.4 Å². The fourth-order valence-corrected chi connectivity index (χ4v) is 2.79. The first-order valence-corrected chi connectivity index (χ1v) is 8.15. The number of rotatable bonds is 4. The van der Waals surface area contributed by atoms with E-state index in [9.17, 15) is 4.79 Å². The van der Waals surface area contributed by atoms with Crippen LogP contribution in [-0.2, 0) is 4.74 Å². The van der Waals surface area contributed by atoms with Gasteiger partial charge in [-0.25, -0.2) is 4.79 Å². The van der Waals surface area contributed by atoms with Crippen LogP contribution in [0.2, 0.25) is 0 Å². The lowest BCUT2D eigenvalue weighted by Crippen LogP contribution is -2.31. The molecular formula is C19H22N2O2S. The number of thiocarbonyl (C=S) groups is 1. The fraction of sp³-hybridized carbons (Fsp3) is 0.263. The molecule has 0 fully saturated rings. The van der Waals surface area contributed by atoms with Gasteiger partial charge in [-0.2, -0.15) is 0 Å². The molecule has 126 valence electrons. The van der Waals surface area contributed by atoms with E-state index in [1.165, 1.54) is 18.2 Å². The SMILES string of the molecule is COC(=O)c1ccc(C)c(NC(=S)N[C@@H](C)c2ccccc2C)c1. The predicted molar refractivity (Wildman–Crippen MR) is 101 cm³/mol. The zero-order valence-corrected chi connectivity index (χ0v) is 15.2. The monoisotopic (exact) mass is 342 g/mol. The van der Waals surface area contributed by atoms with Gasteiger partial charge in [-0.05, 0) is 61.8 Å². The minimum Gasteiger partial charge on any atom is -0.465 e. The second-order valence-electron chi connectivity index (χ2n) is 5.70. The van der Waals surface area contributed by atoms with Crippen molar-refractivity contribution in [2.75, 3.05) is 12.4 Å². The molecule has 0 bridgehead atoms. The van der Waals surface area contributed by atoms with Crippen molar-refractivity contribution in [3.8, 4) is 0 Å². The predicted octanol–water partition coefficient (Wildman–Crippen LogP) is 4.14. The van der Waals surface area contributed by atoms with Crippen LogP contribution in [0.1, 0.15) is 40.0 Å². The molecule has 0 aliphatic carbocycles. The quantitative estimate of drug-likeness (QED) is 0.646. The Bertz CT molecular complexity index is 759. The van der Waals surface area contributed by atoms with Crippen LogP contribution in [0.3, 0.4) is 0 Å². The molecule has 0 aromatic heterocycles. The molecule has 1 atom stereocenters. The molecule has 0 unspecified atom stereocenters. The Kier molecular flexibility index (Phi) is 5.93. The number of carbonyl (C=O) groups excluding carboxylic acids is 1. The van der Waals surface area contributed by atoms with Gasteiger partial charge < -0.3 is 15.4 Å². The summed E-state index contributed by atoms with van der Waals surface area (Å²) in [6, 6.07) is 13.6. The Morgan fingerprint density at radius 3 is 2.50 bits per heavy atom. The van der Waals surface area contributed by atoms with Crippen molar-refractivity contribution >= 4 is 29.0 Å². The molecule has 2 rings (SSSR count). The number of methoxy groups -OCH3 is 1. The Labute approximate surface area is 148 Å². The van der Waals surface area contributed by atoms with Crippen LogP contribution in [0, 0.1) is 13.8 Å². The summed E-state index contributed by atoms with van der Waals surface area (Å²) in [5, 5.41) is 6.95. The molecular weight excluding hydrogens is 320 g/mol. The molecule has 4 nitrogen and oxygen atoms in total. The van der Waals surface area contributed by atoms with Gasteiger partial charge in [0.25, 0.3) is 0 Å². The van der Waals surface area contributed by atoms with Crippen molar-refractivity contribution in [2.45, 2.75) is 26.8 Å². The number of anilines is 1. The summed E-state index contributed by atoms with van der Waals surface area (Å²) in [5.74, 6) is -0.370. The molecule has 0 aliphatic heterocycles. The summed E-state index contributed by atoms with van der Waals surface area (Å²) in [7, 11) is 1.37. The molecule has 0 aliphatic rings. The number of hydrogen-bond donors (Lipinski definition) is 2. The number of aryl methyl sites for hydroxylation is 2. The highest BCUT2D eigenvalue weighted by Crippen LogP contribution is 2.19. The largest absolute Gasteiger partial charge is 0.465 e. The summed E-state index contributed by atoms with van der Waals surface area (Å²) >= 11 is 5.41. The van der Waals surface area contributed by atoms with E-state index in [0.717, 1.165) is 11.3 Å². The van der Waals surface area contributed by atoms with Gasteiger partial charge in [-0.1, -0.05) is 30.3 Å². The van der Waals surface area contributed by atoms with Crippen LogP contribution in [0.5, 0.6) is 0 Å². The van der Waals surface area contributed by atoms with E-state index in [4.69, 9.17) is 17.0 Å². The van der Waals surface area contributed by atoms with Crippen LogP contribution in [0.25, 0.3) is 0 Å². The normalized spacial score (nSPS) is 11.5. The van der Waals surface area contributed by atoms with Crippen LogP contribution in [-0.4, -0.2) is 18.2 Å². The van der Waals surface area contributed by atoms with E-state index in [1.807, 2.05) is 25.1 Å². The summed E-state index contributed by atoms with van der Waals surface area (Å²) < 4.78 is 4.76. The third-order valence-electron chi connectivity index (χ3n) is 3.91. The van der Waals surface area contributed by atoms with Gasteiger partial charge in [-0.15, -0.1) is 0 Å². The van der Waals surface area contributed by atoms with E-state index in [-0.39, 0.29) is 12.0 Å². The van der Waals surface area contributed by atoms with Gasteiger partial charge in [0.15, 0.2) is 5.11 Å². The second kappa shape index (κ2) is 7.93. The van der Waals surface area contributed by atoms with Crippen LogP contribution >= 0.6 is 12.2 Å². The van der Waals surface area contributed by atoms with E-state index in [2.05, 4.69) is 36.6 Å². The van der Waals surface area contributed by atoms with E-state index < -0.39 is 0 Å². The molecule has 0 spiro atoms. The third-order valence-corrected chi connectivity index (χ3v) is 4.13. The van der Waals surface area contributed by atoms with Gasteiger partial charge >= 0.3 is 5.97 Å². The maximum atomic E-state index is 11.7. The van der Waals surface area contributed by atoms with Crippen molar-refractivity contribution in [1.29, 1.82) is 0 Å². The van der Waals surface area contributed by atoms with Crippen molar-refractivity contribution in [3.05, 3.63) is 64.7 Å². The molecule has 2 N–H and O–H groups in total. The van der Waals surface area contributed by atoms with Gasteiger partial charge in [-0.3, -0.25) is 0 Å². The lowest BCUT2D eigenvalue weighted by molar-refractivity contribution is 0.0601. The molecule has 5 heteroatoms. The molecule has 0 saturated carbocycles. The van der Waals surface area contributed by atoms with Crippen molar-refractivity contribution < 1.29 is 9.53 Å². The standard InChI is InChI=1S/C19H22N2O2S/c1-12-7-5-6-8-16(12)14(3)20-19(24)21-17-11-15(18(22)23-4)10-9-13(17)2/h5-11,14H,1-4H3,(H2,20,21,24)/t14-/m0/s1. The fourth-order valence-electron chi connectivity index (χ4n) is 2.51. The molecule has 0 heterocycles. The van der Waals surface area contributed by atoms with Gasteiger partial charge in [0.1, 0.15) is 0 Å². The third kappa shape index (κ3) is 4.32. The van der Waals surface area contributed by atoms with Crippen LogP contribution < -0.4 is 10.6 Å².